The van der Waals surface area contributed by atoms with Crippen molar-refractivity contribution in [3.05, 3.63) is 35.3 Å². The molecule has 5 nitrogen and oxygen atoms in total. The second-order valence-electron chi connectivity index (χ2n) is 4.88. The van der Waals surface area contributed by atoms with Crippen molar-refractivity contribution in [2.75, 3.05) is 5.32 Å². The Hall–Kier alpha value is -2.21. The summed E-state index contributed by atoms with van der Waals surface area (Å²) < 4.78 is 1.71. The molecule has 1 fully saturated rings. The van der Waals surface area contributed by atoms with Crippen LogP contribution in [0.15, 0.2) is 29.8 Å². The molecular weight excluding hydrogens is 272 g/mol. The van der Waals surface area contributed by atoms with Gasteiger partial charge in [-0.25, -0.2) is 4.98 Å². The number of aldehydes is 1. The summed E-state index contributed by atoms with van der Waals surface area (Å²) in [6, 6.07) is 6.54. The van der Waals surface area contributed by atoms with E-state index in [1.54, 1.807) is 22.0 Å². The molecule has 1 N–H and O–H groups in total. The smallest absolute Gasteiger partial charge is 0.168 e. The normalized spacial score (nSPS) is 14.6. The van der Waals surface area contributed by atoms with Gasteiger partial charge >= 0.3 is 0 Å². The molecule has 0 saturated heterocycles. The number of nitrogens with zero attached hydrogens (tertiary/aromatic N) is 3. The second kappa shape index (κ2) is 4.42. The van der Waals surface area contributed by atoms with E-state index in [2.05, 4.69) is 15.4 Å². The summed E-state index contributed by atoms with van der Waals surface area (Å²) in [7, 11) is 0. The van der Waals surface area contributed by atoms with Crippen molar-refractivity contribution in [3.8, 4) is 10.6 Å². The van der Waals surface area contributed by atoms with E-state index in [9.17, 15) is 4.79 Å². The summed E-state index contributed by atoms with van der Waals surface area (Å²) in [6.45, 7) is 0. The fourth-order valence-electron chi connectivity index (χ4n) is 2.15. The molecule has 3 aromatic rings. The molecule has 3 aromatic heterocycles. The van der Waals surface area contributed by atoms with Gasteiger partial charge in [0.15, 0.2) is 11.9 Å². The van der Waals surface area contributed by atoms with Crippen molar-refractivity contribution < 1.29 is 4.79 Å². The Morgan fingerprint density at radius 1 is 1.45 bits per heavy atom. The third-order valence-corrected chi connectivity index (χ3v) is 4.22. The molecule has 0 bridgehead atoms. The van der Waals surface area contributed by atoms with Gasteiger partial charge in [-0.2, -0.15) is 9.61 Å². The lowest BCUT2D eigenvalue weighted by Gasteiger charge is -2.09. The van der Waals surface area contributed by atoms with Crippen LogP contribution in [0.5, 0.6) is 0 Å². The van der Waals surface area contributed by atoms with Gasteiger partial charge in [-0.3, -0.25) is 4.79 Å². The van der Waals surface area contributed by atoms with Crippen LogP contribution < -0.4 is 5.32 Å². The Kier molecular flexibility index (Phi) is 2.56. The number of fused-ring (bicyclic) bond motifs is 1. The van der Waals surface area contributed by atoms with Gasteiger partial charge in [-0.15, -0.1) is 11.3 Å². The van der Waals surface area contributed by atoms with Gasteiger partial charge in [0, 0.05) is 12.1 Å². The third kappa shape index (κ3) is 1.89. The number of rotatable bonds is 4. The number of hydrogen-bond acceptors (Lipinski definition) is 5. The lowest BCUT2D eigenvalue weighted by molar-refractivity contribution is 0.112. The zero-order chi connectivity index (χ0) is 13.5. The van der Waals surface area contributed by atoms with Crippen LogP contribution in [0, 0.1) is 0 Å². The number of nitrogens with one attached hydrogen (secondary N) is 1. The van der Waals surface area contributed by atoms with Gasteiger partial charge < -0.3 is 5.32 Å². The molecule has 3 heterocycles. The Morgan fingerprint density at radius 3 is 3.05 bits per heavy atom. The molecular formula is C14H12N4OS. The van der Waals surface area contributed by atoms with Crippen LogP contribution in [0.4, 0.5) is 5.82 Å². The fraction of sp³-hybridized carbons (Fsp3) is 0.214. The van der Waals surface area contributed by atoms with Crippen molar-refractivity contribution in [3.63, 3.8) is 0 Å². The Bertz CT molecular complexity index is 774. The molecule has 0 unspecified atom stereocenters. The van der Waals surface area contributed by atoms with Gasteiger partial charge in [0.05, 0.1) is 22.3 Å². The molecule has 6 heteroatoms. The van der Waals surface area contributed by atoms with Crippen LogP contribution in [0.25, 0.3) is 16.2 Å². The molecule has 1 aliphatic rings. The van der Waals surface area contributed by atoms with Gasteiger partial charge in [0.1, 0.15) is 5.82 Å². The van der Waals surface area contributed by atoms with Crippen molar-refractivity contribution in [2.45, 2.75) is 18.9 Å². The maximum atomic E-state index is 11.1. The van der Waals surface area contributed by atoms with E-state index in [1.165, 1.54) is 12.8 Å². The van der Waals surface area contributed by atoms with Crippen molar-refractivity contribution in [1.29, 1.82) is 0 Å². The summed E-state index contributed by atoms with van der Waals surface area (Å²) in [5.74, 6) is 0.897. The SMILES string of the molecule is O=Cc1cnn2c(NC3CC3)cc(-c3cccs3)nc12. The number of carbonyl (C=O) groups excluding carboxylic acids is 1. The zero-order valence-electron chi connectivity index (χ0n) is 10.6. The van der Waals surface area contributed by atoms with Gasteiger partial charge in [-0.05, 0) is 24.3 Å². The van der Waals surface area contributed by atoms with Gasteiger partial charge in [0.25, 0.3) is 0 Å². The van der Waals surface area contributed by atoms with Crippen molar-refractivity contribution >= 4 is 29.1 Å². The molecule has 0 aromatic carbocycles. The third-order valence-electron chi connectivity index (χ3n) is 3.33. The predicted molar refractivity (Wildman–Crippen MR) is 78.3 cm³/mol. The first-order valence-electron chi connectivity index (χ1n) is 6.49. The van der Waals surface area contributed by atoms with Crippen LogP contribution in [-0.4, -0.2) is 26.9 Å². The van der Waals surface area contributed by atoms with Crippen molar-refractivity contribution in [2.24, 2.45) is 0 Å². The largest absolute Gasteiger partial charge is 0.367 e. The second-order valence-corrected chi connectivity index (χ2v) is 5.82. The average molecular weight is 284 g/mol. The molecule has 100 valence electrons. The van der Waals surface area contributed by atoms with Crippen LogP contribution in [-0.2, 0) is 0 Å². The first kappa shape index (κ1) is 11.6. The van der Waals surface area contributed by atoms with Crippen LogP contribution in [0.1, 0.15) is 23.2 Å². The molecule has 0 radical (unpaired) electrons. The van der Waals surface area contributed by atoms with E-state index in [-0.39, 0.29) is 0 Å². The highest BCUT2D eigenvalue weighted by Crippen LogP contribution is 2.30. The van der Waals surface area contributed by atoms with Crippen LogP contribution >= 0.6 is 11.3 Å². The summed E-state index contributed by atoms with van der Waals surface area (Å²) in [5, 5.41) is 9.72. The summed E-state index contributed by atoms with van der Waals surface area (Å²) in [5.41, 5.74) is 2.00. The lowest BCUT2D eigenvalue weighted by Crippen LogP contribution is -2.08. The van der Waals surface area contributed by atoms with E-state index in [4.69, 9.17) is 0 Å². The van der Waals surface area contributed by atoms with Crippen molar-refractivity contribution in [1.82, 2.24) is 14.6 Å². The predicted octanol–water partition coefficient (Wildman–Crippen LogP) is 2.84. The molecule has 0 amide bonds. The van der Waals surface area contributed by atoms with Crippen LogP contribution in [0.3, 0.4) is 0 Å². The minimum absolute atomic E-state index is 0.515. The lowest BCUT2D eigenvalue weighted by atomic mass is 10.3. The fourth-order valence-corrected chi connectivity index (χ4v) is 2.84. The van der Waals surface area contributed by atoms with Gasteiger partial charge in [0.2, 0.25) is 0 Å². The first-order valence-corrected chi connectivity index (χ1v) is 7.37. The highest BCUT2D eigenvalue weighted by atomic mass is 32.1. The topological polar surface area (TPSA) is 59.3 Å². The summed E-state index contributed by atoms with van der Waals surface area (Å²) in [6.07, 6.45) is 4.72. The average Bonchev–Trinajstić information content (AvgIpc) is 2.97. The number of carbonyl (C=O) groups is 1. The molecule has 0 spiro atoms. The number of hydrogen-bond donors (Lipinski definition) is 1. The monoisotopic (exact) mass is 284 g/mol. The Labute approximate surface area is 119 Å². The molecule has 1 saturated carbocycles. The highest BCUT2D eigenvalue weighted by Gasteiger charge is 2.23. The Morgan fingerprint density at radius 2 is 2.35 bits per heavy atom. The van der Waals surface area contributed by atoms with E-state index in [0.717, 1.165) is 22.7 Å². The van der Waals surface area contributed by atoms with E-state index >= 15 is 0 Å². The minimum atomic E-state index is 0.515. The zero-order valence-corrected chi connectivity index (χ0v) is 11.4. The maximum absolute atomic E-state index is 11.1. The van der Waals surface area contributed by atoms with Gasteiger partial charge in [-0.1, -0.05) is 6.07 Å². The number of aromatic nitrogens is 3. The maximum Gasteiger partial charge on any atom is 0.168 e. The quantitative estimate of drug-likeness (QED) is 0.748. The van der Waals surface area contributed by atoms with E-state index < -0.39 is 0 Å². The molecule has 1 aliphatic carbocycles. The summed E-state index contributed by atoms with van der Waals surface area (Å²) in [4.78, 5) is 16.8. The number of anilines is 1. The molecule has 0 aliphatic heterocycles. The van der Waals surface area contributed by atoms with Crippen LogP contribution in [0.2, 0.25) is 0 Å². The molecule has 0 atom stereocenters. The first-order chi connectivity index (χ1) is 9.85. The standard InChI is InChI=1S/C14H12N4OS/c19-8-9-7-15-18-13(16-10-3-4-10)6-11(17-14(9)18)12-2-1-5-20-12/h1-2,5-8,10,16H,3-4H2. The highest BCUT2D eigenvalue weighted by molar-refractivity contribution is 7.13. The molecule has 20 heavy (non-hydrogen) atoms. The molecule has 4 rings (SSSR count). The number of thiophene rings is 1. The summed E-state index contributed by atoms with van der Waals surface area (Å²) >= 11 is 1.64. The van der Waals surface area contributed by atoms with E-state index in [0.29, 0.717) is 17.3 Å². The Balaban J connectivity index is 1.93. The minimum Gasteiger partial charge on any atom is -0.367 e. The van der Waals surface area contributed by atoms with E-state index in [1.807, 2.05) is 23.6 Å².